The third-order valence-electron chi connectivity index (χ3n) is 2.06. The van der Waals surface area contributed by atoms with Gasteiger partial charge in [0.1, 0.15) is 6.61 Å². The van der Waals surface area contributed by atoms with Crippen LogP contribution in [0.25, 0.3) is 0 Å². The Morgan fingerprint density at radius 3 is 3.15 bits per heavy atom. The van der Waals surface area contributed by atoms with Gasteiger partial charge in [0.05, 0.1) is 0 Å². The van der Waals surface area contributed by atoms with Crippen LogP contribution in [0.2, 0.25) is 0 Å². The first kappa shape index (κ1) is 10.8. The molecule has 0 aromatic carbocycles. The van der Waals surface area contributed by atoms with Crippen molar-refractivity contribution < 1.29 is 9.63 Å². The van der Waals surface area contributed by atoms with Gasteiger partial charge in [0.2, 0.25) is 5.91 Å². The Morgan fingerprint density at radius 2 is 2.54 bits per heavy atom. The van der Waals surface area contributed by atoms with Crippen LogP contribution in [-0.4, -0.2) is 29.6 Å². The van der Waals surface area contributed by atoms with Crippen molar-refractivity contribution in [3.8, 4) is 0 Å². The fourth-order valence-electron chi connectivity index (χ4n) is 1.30. The van der Waals surface area contributed by atoms with E-state index in [4.69, 9.17) is 10.6 Å². The summed E-state index contributed by atoms with van der Waals surface area (Å²) in [6.45, 7) is 2.11. The number of hydroxylamine groups is 1. The molecule has 76 valence electrons. The minimum atomic E-state index is -0.441. The van der Waals surface area contributed by atoms with Gasteiger partial charge >= 0.3 is 0 Å². The van der Waals surface area contributed by atoms with Crippen LogP contribution in [0.3, 0.4) is 0 Å². The minimum absolute atomic E-state index is 0.0477. The second-order valence-corrected chi connectivity index (χ2v) is 4.68. The van der Waals surface area contributed by atoms with Gasteiger partial charge in [-0.05, 0) is 18.6 Å². The van der Waals surface area contributed by atoms with Crippen LogP contribution in [0.15, 0.2) is 0 Å². The second-order valence-electron chi connectivity index (χ2n) is 3.20. The molecular formula is C8H16N2O2S. The quantitative estimate of drug-likeness (QED) is 0.645. The zero-order chi connectivity index (χ0) is 9.68. The van der Waals surface area contributed by atoms with Crippen molar-refractivity contribution in [2.24, 2.45) is 5.73 Å². The van der Waals surface area contributed by atoms with E-state index in [1.807, 2.05) is 11.8 Å². The Balaban J connectivity index is 2.15. The van der Waals surface area contributed by atoms with Gasteiger partial charge in [0, 0.05) is 11.3 Å². The normalized spacial score (nSPS) is 28.7. The SMILES string of the molecule is CC1SCCCC1NOCC(N)=O. The molecule has 0 radical (unpaired) electrons. The van der Waals surface area contributed by atoms with E-state index in [9.17, 15) is 4.79 Å². The number of primary amides is 1. The topological polar surface area (TPSA) is 64.3 Å². The summed E-state index contributed by atoms with van der Waals surface area (Å²) in [5.41, 5.74) is 7.81. The van der Waals surface area contributed by atoms with E-state index in [1.54, 1.807) is 0 Å². The highest BCUT2D eigenvalue weighted by Crippen LogP contribution is 2.24. The fourth-order valence-corrected chi connectivity index (χ4v) is 2.43. The number of rotatable bonds is 4. The van der Waals surface area contributed by atoms with Crippen LogP contribution < -0.4 is 11.2 Å². The van der Waals surface area contributed by atoms with Crippen LogP contribution in [0, 0.1) is 0 Å². The zero-order valence-corrected chi connectivity index (χ0v) is 8.60. The number of nitrogens with two attached hydrogens (primary N) is 1. The molecule has 2 unspecified atom stereocenters. The monoisotopic (exact) mass is 204 g/mol. The molecule has 1 amide bonds. The van der Waals surface area contributed by atoms with Crippen LogP contribution in [0.5, 0.6) is 0 Å². The highest BCUT2D eigenvalue weighted by atomic mass is 32.2. The molecular weight excluding hydrogens is 188 g/mol. The first-order valence-electron chi connectivity index (χ1n) is 4.47. The summed E-state index contributed by atoms with van der Waals surface area (Å²) in [5.74, 6) is 0.776. The average molecular weight is 204 g/mol. The lowest BCUT2D eigenvalue weighted by Crippen LogP contribution is -2.40. The van der Waals surface area contributed by atoms with Gasteiger partial charge in [0.15, 0.2) is 0 Å². The Labute approximate surface area is 82.5 Å². The Bertz CT molecular complexity index is 178. The molecule has 13 heavy (non-hydrogen) atoms. The van der Waals surface area contributed by atoms with Gasteiger partial charge < -0.3 is 5.73 Å². The Kier molecular flexibility index (Phi) is 4.55. The van der Waals surface area contributed by atoms with Gasteiger partial charge in [-0.2, -0.15) is 17.2 Å². The van der Waals surface area contributed by atoms with Crippen LogP contribution in [-0.2, 0) is 9.63 Å². The lowest BCUT2D eigenvalue weighted by Gasteiger charge is -2.28. The summed E-state index contributed by atoms with van der Waals surface area (Å²) in [4.78, 5) is 15.3. The minimum Gasteiger partial charge on any atom is -0.368 e. The molecule has 0 spiro atoms. The lowest BCUT2D eigenvalue weighted by atomic mass is 10.1. The maximum absolute atomic E-state index is 10.4. The smallest absolute Gasteiger partial charge is 0.245 e. The maximum atomic E-state index is 10.4. The standard InChI is InChI=1S/C8H16N2O2S/c1-6-7(3-2-4-13-6)10-12-5-8(9)11/h6-7,10H,2-5H2,1H3,(H2,9,11). The summed E-state index contributed by atoms with van der Waals surface area (Å²) in [6, 6.07) is 0.345. The van der Waals surface area contributed by atoms with E-state index in [-0.39, 0.29) is 6.61 Å². The van der Waals surface area contributed by atoms with E-state index < -0.39 is 5.91 Å². The summed E-state index contributed by atoms with van der Waals surface area (Å²) in [6.07, 6.45) is 2.31. The van der Waals surface area contributed by atoms with Crippen molar-refractivity contribution in [3.05, 3.63) is 0 Å². The van der Waals surface area contributed by atoms with E-state index in [0.29, 0.717) is 11.3 Å². The van der Waals surface area contributed by atoms with Crippen molar-refractivity contribution in [2.45, 2.75) is 31.1 Å². The molecule has 4 nitrogen and oxygen atoms in total. The summed E-state index contributed by atoms with van der Waals surface area (Å²) in [5, 5.41) is 0.543. The Hall–Kier alpha value is -0.260. The largest absolute Gasteiger partial charge is 0.368 e. The van der Waals surface area contributed by atoms with E-state index in [2.05, 4.69) is 12.4 Å². The van der Waals surface area contributed by atoms with E-state index in [0.717, 1.165) is 6.42 Å². The first-order chi connectivity index (χ1) is 6.20. The number of amides is 1. The Morgan fingerprint density at radius 1 is 1.77 bits per heavy atom. The third kappa shape index (κ3) is 3.97. The number of carbonyl (C=O) groups excluding carboxylic acids is 1. The molecule has 0 aliphatic carbocycles. The molecule has 1 aliphatic rings. The van der Waals surface area contributed by atoms with Crippen LogP contribution in [0.4, 0.5) is 0 Å². The van der Waals surface area contributed by atoms with Gasteiger partial charge in [0.25, 0.3) is 0 Å². The highest BCUT2D eigenvalue weighted by molar-refractivity contribution is 7.99. The molecule has 1 aliphatic heterocycles. The molecule has 3 N–H and O–H groups in total. The number of thioether (sulfide) groups is 1. The predicted octanol–water partition coefficient (Wildman–Crippen LogP) is 0.277. The number of carbonyl (C=O) groups is 1. The molecule has 0 aromatic heterocycles. The number of hydrogen-bond acceptors (Lipinski definition) is 4. The molecule has 0 aromatic rings. The second kappa shape index (κ2) is 5.47. The summed E-state index contributed by atoms with van der Waals surface area (Å²) >= 11 is 1.93. The number of hydrogen-bond donors (Lipinski definition) is 2. The highest BCUT2D eigenvalue weighted by Gasteiger charge is 2.21. The van der Waals surface area contributed by atoms with E-state index in [1.165, 1.54) is 12.2 Å². The molecule has 1 saturated heterocycles. The molecule has 0 saturated carbocycles. The third-order valence-corrected chi connectivity index (χ3v) is 3.43. The summed E-state index contributed by atoms with van der Waals surface area (Å²) in [7, 11) is 0. The molecule has 0 bridgehead atoms. The van der Waals surface area contributed by atoms with Crippen molar-refractivity contribution in [1.29, 1.82) is 0 Å². The first-order valence-corrected chi connectivity index (χ1v) is 5.52. The van der Waals surface area contributed by atoms with E-state index >= 15 is 0 Å². The molecule has 1 rings (SSSR count). The van der Waals surface area contributed by atoms with Gasteiger partial charge in [-0.1, -0.05) is 6.92 Å². The molecule has 1 fully saturated rings. The molecule has 2 atom stereocenters. The van der Waals surface area contributed by atoms with Crippen molar-refractivity contribution >= 4 is 17.7 Å². The van der Waals surface area contributed by atoms with Gasteiger partial charge in [-0.15, -0.1) is 0 Å². The summed E-state index contributed by atoms with van der Waals surface area (Å²) < 4.78 is 0. The maximum Gasteiger partial charge on any atom is 0.245 e. The van der Waals surface area contributed by atoms with Crippen molar-refractivity contribution in [1.82, 2.24) is 5.48 Å². The lowest BCUT2D eigenvalue weighted by molar-refractivity contribution is -0.126. The zero-order valence-electron chi connectivity index (χ0n) is 7.79. The predicted molar refractivity (Wildman–Crippen MR) is 53.2 cm³/mol. The fraction of sp³-hybridized carbons (Fsp3) is 0.875. The molecule has 5 heteroatoms. The van der Waals surface area contributed by atoms with Crippen molar-refractivity contribution in [2.75, 3.05) is 12.4 Å². The average Bonchev–Trinajstić information content (AvgIpc) is 2.08. The van der Waals surface area contributed by atoms with Crippen LogP contribution in [0.1, 0.15) is 19.8 Å². The molecule has 1 heterocycles. The van der Waals surface area contributed by atoms with Crippen molar-refractivity contribution in [3.63, 3.8) is 0 Å². The van der Waals surface area contributed by atoms with Gasteiger partial charge in [-0.25, -0.2) is 0 Å². The number of nitrogens with one attached hydrogen (secondary N) is 1. The van der Waals surface area contributed by atoms with Gasteiger partial charge in [-0.3, -0.25) is 9.63 Å². The van der Waals surface area contributed by atoms with Crippen LogP contribution >= 0.6 is 11.8 Å².